The van der Waals surface area contributed by atoms with Crippen molar-refractivity contribution in [2.24, 2.45) is 4.99 Å². The molecule has 0 N–H and O–H groups in total. The minimum atomic E-state index is -0.364. The van der Waals surface area contributed by atoms with E-state index in [0.717, 1.165) is 5.56 Å². The van der Waals surface area contributed by atoms with E-state index in [4.69, 9.17) is 9.15 Å². The van der Waals surface area contributed by atoms with E-state index in [0.29, 0.717) is 43.3 Å². The summed E-state index contributed by atoms with van der Waals surface area (Å²) in [6, 6.07) is 2.14. The second kappa shape index (κ2) is 6.31. The van der Waals surface area contributed by atoms with Crippen LogP contribution in [0.2, 0.25) is 0 Å². The van der Waals surface area contributed by atoms with E-state index in [9.17, 15) is 10.1 Å². The second-order valence-electron chi connectivity index (χ2n) is 4.87. The Labute approximate surface area is 123 Å². The zero-order chi connectivity index (χ0) is 15.4. The lowest BCUT2D eigenvalue weighted by Crippen LogP contribution is -2.36. The van der Waals surface area contributed by atoms with Crippen LogP contribution in [0.3, 0.4) is 0 Å². The van der Waals surface area contributed by atoms with Gasteiger partial charge in [-0.3, -0.25) is 0 Å². The molecule has 0 aromatic carbocycles. The highest BCUT2D eigenvalue weighted by molar-refractivity contribution is 5.69. The van der Waals surface area contributed by atoms with Crippen LogP contribution in [0.4, 0.5) is 10.7 Å². The monoisotopic (exact) mass is 290 g/mol. The molecular weight excluding hydrogens is 272 g/mol. The van der Waals surface area contributed by atoms with Gasteiger partial charge in [-0.2, -0.15) is 5.26 Å². The summed E-state index contributed by atoms with van der Waals surface area (Å²) in [5, 5.41) is 9.29. The number of aliphatic imine (C=N–C) groups is 1. The maximum Gasteiger partial charge on any atom is 0.410 e. The zero-order valence-electron chi connectivity index (χ0n) is 12.4. The maximum absolute atomic E-state index is 11.7. The van der Waals surface area contributed by atoms with Gasteiger partial charge in [-0.15, -0.1) is 0 Å². The molecular formula is C14H18N4O3. The Bertz CT molecular complexity index is 598. The largest absolute Gasteiger partial charge is 0.450 e. The van der Waals surface area contributed by atoms with Gasteiger partial charge in [0.05, 0.1) is 19.5 Å². The minimum Gasteiger partial charge on any atom is -0.450 e. The molecule has 1 aliphatic rings. The molecule has 0 radical (unpaired) electrons. The minimum absolute atomic E-state index is 0.293. The van der Waals surface area contributed by atoms with Gasteiger partial charge in [0, 0.05) is 26.2 Å². The van der Waals surface area contributed by atoms with E-state index < -0.39 is 0 Å². The number of furan rings is 1. The average Bonchev–Trinajstić information content (AvgIpc) is 2.81. The van der Waals surface area contributed by atoms with Gasteiger partial charge in [0.1, 0.15) is 17.4 Å². The number of hydrogen-bond donors (Lipinski definition) is 0. The molecule has 0 unspecified atom stereocenters. The first-order valence-corrected chi connectivity index (χ1v) is 6.73. The Hall–Kier alpha value is -2.49. The van der Waals surface area contributed by atoms with Crippen molar-refractivity contribution < 1.29 is 13.9 Å². The molecule has 1 aliphatic heterocycles. The molecule has 0 spiro atoms. The Balaban J connectivity index is 2.25. The predicted octanol–water partition coefficient (Wildman–Crippen LogP) is 1.89. The smallest absolute Gasteiger partial charge is 0.410 e. The van der Waals surface area contributed by atoms with Crippen LogP contribution in [-0.2, 0) is 17.7 Å². The van der Waals surface area contributed by atoms with Gasteiger partial charge >= 0.3 is 6.09 Å². The highest BCUT2D eigenvalue weighted by Gasteiger charge is 2.28. The number of nitriles is 1. The van der Waals surface area contributed by atoms with Crippen molar-refractivity contribution in [2.45, 2.75) is 19.9 Å². The first-order chi connectivity index (χ1) is 10.1. The van der Waals surface area contributed by atoms with Crippen molar-refractivity contribution in [3.8, 4) is 6.07 Å². The third-order valence-corrected chi connectivity index (χ3v) is 3.08. The Morgan fingerprint density at radius 2 is 2.38 bits per heavy atom. The third kappa shape index (κ3) is 3.16. The first-order valence-electron chi connectivity index (χ1n) is 6.73. The number of amides is 1. The molecule has 0 saturated carbocycles. The van der Waals surface area contributed by atoms with Gasteiger partial charge < -0.3 is 19.0 Å². The summed E-state index contributed by atoms with van der Waals surface area (Å²) >= 11 is 0. The van der Waals surface area contributed by atoms with Crippen LogP contribution in [-0.4, -0.2) is 49.5 Å². The average molecular weight is 290 g/mol. The summed E-state index contributed by atoms with van der Waals surface area (Å²) < 4.78 is 10.6. The van der Waals surface area contributed by atoms with Crippen LogP contribution in [0.5, 0.6) is 0 Å². The quantitative estimate of drug-likeness (QED) is 0.627. The number of rotatable bonds is 3. The summed E-state index contributed by atoms with van der Waals surface area (Å²) in [6.45, 7) is 2.92. The van der Waals surface area contributed by atoms with Gasteiger partial charge in [-0.25, -0.2) is 9.79 Å². The van der Waals surface area contributed by atoms with Crippen molar-refractivity contribution in [3.63, 3.8) is 0 Å². The fourth-order valence-electron chi connectivity index (χ4n) is 2.13. The van der Waals surface area contributed by atoms with Crippen LogP contribution < -0.4 is 0 Å². The highest BCUT2D eigenvalue weighted by Crippen LogP contribution is 2.33. The molecule has 7 heteroatoms. The highest BCUT2D eigenvalue weighted by atomic mass is 16.6. The van der Waals surface area contributed by atoms with Crippen molar-refractivity contribution in [1.82, 2.24) is 9.80 Å². The van der Waals surface area contributed by atoms with Crippen LogP contribution in [0.25, 0.3) is 0 Å². The molecule has 0 fully saturated rings. The second-order valence-corrected chi connectivity index (χ2v) is 4.87. The zero-order valence-corrected chi connectivity index (χ0v) is 12.4. The molecule has 0 bridgehead atoms. The third-order valence-electron chi connectivity index (χ3n) is 3.08. The normalized spacial score (nSPS) is 13.9. The lowest BCUT2D eigenvalue weighted by atomic mass is 10.0. The summed E-state index contributed by atoms with van der Waals surface area (Å²) in [5.41, 5.74) is 1.29. The van der Waals surface area contributed by atoms with Crippen LogP contribution in [0.15, 0.2) is 9.41 Å². The molecule has 2 rings (SSSR count). The molecule has 1 amide bonds. The van der Waals surface area contributed by atoms with E-state index in [1.165, 1.54) is 0 Å². The number of carbonyl (C=O) groups excluding carboxylic acids is 1. The summed E-state index contributed by atoms with van der Waals surface area (Å²) in [5.74, 6) is 0.902. The van der Waals surface area contributed by atoms with Crippen LogP contribution in [0.1, 0.15) is 23.8 Å². The van der Waals surface area contributed by atoms with E-state index in [2.05, 4.69) is 11.1 Å². The lowest BCUT2D eigenvalue weighted by Gasteiger charge is -2.24. The van der Waals surface area contributed by atoms with Gasteiger partial charge in [0.15, 0.2) is 0 Å². The lowest BCUT2D eigenvalue weighted by molar-refractivity contribution is 0.0991. The fraction of sp³-hybridized carbons (Fsp3) is 0.500. The van der Waals surface area contributed by atoms with Gasteiger partial charge in [0.25, 0.3) is 0 Å². The number of carbonyl (C=O) groups is 1. The van der Waals surface area contributed by atoms with Gasteiger partial charge in [-0.1, -0.05) is 0 Å². The van der Waals surface area contributed by atoms with Crippen LogP contribution in [0, 0.1) is 11.3 Å². The molecule has 1 aromatic rings. The standard InChI is InChI=1S/C14H18N4O3/c1-4-20-14(19)18-6-5-10-11(7-15)13(16-9-17(2)3)21-12(10)8-18/h9H,4-6,8H2,1-3H3/b16-9+. The van der Waals surface area contributed by atoms with E-state index in [1.54, 1.807) is 23.1 Å². The molecule has 112 valence electrons. The van der Waals surface area contributed by atoms with Crippen molar-refractivity contribution in [3.05, 3.63) is 16.9 Å². The first kappa shape index (κ1) is 14.9. The summed E-state index contributed by atoms with van der Waals surface area (Å²) in [4.78, 5) is 19.2. The molecule has 0 saturated heterocycles. The van der Waals surface area contributed by atoms with Crippen molar-refractivity contribution in [1.29, 1.82) is 5.26 Å². The molecule has 0 aliphatic carbocycles. The Morgan fingerprint density at radius 1 is 1.62 bits per heavy atom. The van der Waals surface area contributed by atoms with E-state index in [-0.39, 0.29) is 6.09 Å². The molecule has 1 aromatic heterocycles. The topological polar surface area (TPSA) is 82.1 Å². The van der Waals surface area contributed by atoms with Crippen molar-refractivity contribution in [2.75, 3.05) is 27.2 Å². The fourth-order valence-corrected chi connectivity index (χ4v) is 2.13. The maximum atomic E-state index is 11.7. The Kier molecular flexibility index (Phi) is 4.48. The van der Waals surface area contributed by atoms with E-state index >= 15 is 0 Å². The summed E-state index contributed by atoms with van der Waals surface area (Å²) in [6.07, 6.45) is 1.78. The van der Waals surface area contributed by atoms with Gasteiger partial charge in [0.2, 0.25) is 5.88 Å². The predicted molar refractivity (Wildman–Crippen MR) is 76.4 cm³/mol. The number of fused-ring (bicyclic) bond motifs is 1. The van der Waals surface area contributed by atoms with Gasteiger partial charge in [-0.05, 0) is 13.3 Å². The molecule has 0 atom stereocenters. The molecule has 2 heterocycles. The number of hydrogen-bond acceptors (Lipinski definition) is 5. The molecule has 7 nitrogen and oxygen atoms in total. The molecule has 21 heavy (non-hydrogen) atoms. The number of nitrogens with zero attached hydrogens (tertiary/aromatic N) is 4. The van der Waals surface area contributed by atoms with E-state index in [1.807, 2.05) is 14.1 Å². The van der Waals surface area contributed by atoms with Crippen LogP contribution >= 0.6 is 0 Å². The Morgan fingerprint density at radius 3 is 3.00 bits per heavy atom. The summed E-state index contributed by atoms with van der Waals surface area (Å²) in [7, 11) is 3.67. The number of ether oxygens (including phenoxy) is 1. The van der Waals surface area contributed by atoms with Crippen molar-refractivity contribution >= 4 is 18.3 Å². The SMILES string of the molecule is CCOC(=O)N1CCc2c(oc(/N=C/N(C)C)c2C#N)C1.